The second kappa shape index (κ2) is 6.45. The number of hydrazine groups is 1. The van der Waals surface area contributed by atoms with Crippen molar-refractivity contribution in [2.24, 2.45) is 5.84 Å². The van der Waals surface area contributed by atoms with E-state index in [0.717, 1.165) is 18.4 Å². The molecule has 0 bridgehead atoms. The number of hydrogen-bond donors (Lipinski definition) is 2. The fourth-order valence-electron chi connectivity index (χ4n) is 2.21. The van der Waals surface area contributed by atoms with Gasteiger partial charge in [-0.1, -0.05) is 48.0 Å². The van der Waals surface area contributed by atoms with E-state index in [-0.39, 0.29) is 11.9 Å². The van der Waals surface area contributed by atoms with E-state index in [0.29, 0.717) is 5.56 Å². The van der Waals surface area contributed by atoms with Crippen molar-refractivity contribution in [1.82, 2.24) is 5.43 Å². The molecule has 2 rings (SSSR count). The first-order valence-electron chi connectivity index (χ1n) is 6.47. The third-order valence-corrected chi connectivity index (χ3v) is 3.29. The molecule has 0 fully saturated rings. The van der Waals surface area contributed by atoms with Gasteiger partial charge in [-0.2, -0.15) is 0 Å². The van der Waals surface area contributed by atoms with Gasteiger partial charge in [-0.05, 0) is 31.4 Å². The Hall–Kier alpha value is -1.71. The summed E-state index contributed by atoms with van der Waals surface area (Å²) in [5, 5.41) is 0. The summed E-state index contributed by atoms with van der Waals surface area (Å²) < 4.78 is 13.8. The molecule has 0 amide bonds. The smallest absolute Gasteiger partial charge is 0.128 e. The van der Waals surface area contributed by atoms with Crippen LogP contribution in [-0.2, 0) is 6.42 Å². The van der Waals surface area contributed by atoms with Crippen LogP contribution < -0.4 is 11.3 Å². The molecule has 2 nitrogen and oxygen atoms in total. The first-order valence-corrected chi connectivity index (χ1v) is 6.47. The number of nitrogens with two attached hydrogens (primary N) is 1. The molecule has 0 aliphatic carbocycles. The van der Waals surface area contributed by atoms with E-state index in [1.807, 2.05) is 31.2 Å². The maximum Gasteiger partial charge on any atom is 0.128 e. The van der Waals surface area contributed by atoms with E-state index in [1.54, 1.807) is 6.07 Å². The quantitative estimate of drug-likeness (QED) is 0.638. The topological polar surface area (TPSA) is 38.0 Å². The van der Waals surface area contributed by atoms with Crippen LogP contribution in [0, 0.1) is 12.7 Å². The van der Waals surface area contributed by atoms with Crippen LogP contribution in [0.5, 0.6) is 0 Å². The van der Waals surface area contributed by atoms with E-state index in [2.05, 4.69) is 17.6 Å². The Morgan fingerprint density at radius 1 is 1.16 bits per heavy atom. The average Bonchev–Trinajstić information content (AvgIpc) is 2.44. The number of rotatable bonds is 5. The highest BCUT2D eigenvalue weighted by Gasteiger charge is 2.14. The Morgan fingerprint density at radius 2 is 1.89 bits per heavy atom. The van der Waals surface area contributed by atoms with Crippen molar-refractivity contribution in [3.63, 3.8) is 0 Å². The van der Waals surface area contributed by atoms with Crippen molar-refractivity contribution in [3.8, 4) is 0 Å². The molecule has 0 aliphatic rings. The Morgan fingerprint density at radius 3 is 2.58 bits per heavy atom. The number of halogens is 1. The predicted octanol–water partition coefficient (Wildman–Crippen LogP) is 3.27. The number of aryl methyl sites for hydroxylation is 2. The molecule has 0 spiro atoms. The summed E-state index contributed by atoms with van der Waals surface area (Å²) in [7, 11) is 0. The summed E-state index contributed by atoms with van der Waals surface area (Å²) in [6.45, 7) is 1.95. The number of nitrogens with one attached hydrogen (secondary N) is 1. The molecule has 100 valence electrons. The van der Waals surface area contributed by atoms with Crippen LogP contribution in [0.15, 0.2) is 48.5 Å². The van der Waals surface area contributed by atoms with Crippen molar-refractivity contribution < 1.29 is 4.39 Å². The van der Waals surface area contributed by atoms with Gasteiger partial charge in [0.05, 0.1) is 0 Å². The van der Waals surface area contributed by atoms with Gasteiger partial charge in [-0.3, -0.25) is 11.3 Å². The van der Waals surface area contributed by atoms with Gasteiger partial charge in [0.25, 0.3) is 0 Å². The standard InChI is InChI=1S/C16H19FN2/c1-12-7-9-15(17)14(11-12)16(19-18)10-8-13-5-3-2-4-6-13/h2-7,9,11,16,19H,8,10,18H2,1H3. The monoisotopic (exact) mass is 258 g/mol. The summed E-state index contributed by atoms with van der Waals surface area (Å²) >= 11 is 0. The maximum absolute atomic E-state index is 13.8. The largest absolute Gasteiger partial charge is 0.271 e. The van der Waals surface area contributed by atoms with Gasteiger partial charge in [-0.25, -0.2) is 4.39 Å². The molecule has 2 aromatic rings. The number of benzene rings is 2. The Bertz CT molecular complexity index is 526. The highest BCUT2D eigenvalue weighted by atomic mass is 19.1. The zero-order valence-electron chi connectivity index (χ0n) is 11.1. The second-order valence-electron chi connectivity index (χ2n) is 4.77. The molecule has 0 heterocycles. The highest BCUT2D eigenvalue weighted by Crippen LogP contribution is 2.22. The van der Waals surface area contributed by atoms with Crippen molar-refractivity contribution in [2.45, 2.75) is 25.8 Å². The van der Waals surface area contributed by atoms with Crippen LogP contribution in [0.1, 0.15) is 29.2 Å². The summed E-state index contributed by atoms with van der Waals surface area (Å²) in [6.07, 6.45) is 1.63. The highest BCUT2D eigenvalue weighted by molar-refractivity contribution is 5.27. The Kier molecular flexibility index (Phi) is 4.66. The molecule has 0 radical (unpaired) electrons. The first kappa shape index (κ1) is 13.7. The summed E-state index contributed by atoms with van der Waals surface area (Å²) in [5.41, 5.74) is 5.62. The molecule has 3 N–H and O–H groups in total. The molecular formula is C16H19FN2. The summed E-state index contributed by atoms with van der Waals surface area (Å²) in [6, 6.07) is 15.1. The van der Waals surface area contributed by atoms with Crippen LogP contribution >= 0.6 is 0 Å². The van der Waals surface area contributed by atoms with Crippen LogP contribution in [0.3, 0.4) is 0 Å². The van der Waals surface area contributed by atoms with Gasteiger partial charge < -0.3 is 0 Å². The number of hydrogen-bond acceptors (Lipinski definition) is 2. The van der Waals surface area contributed by atoms with Crippen LogP contribution in [0.4, 0.5) is 4.39 Å². The van der Waals surface area contributed by atoms with Crippen molar-refractivity contribution in [2.75, 3.05) is 0 Å². The molecule has 2 aromatic carbocycles. The fourth-order valence-corrected chi connectivity index (χ4v) is 2.21. The van der Waals surface area contributed by atoms with Crippen LogP contribution in [0.2, 0.25) is 0 Å². The van der Waals surface area contributed by atoms with E-state index < -0.39 is 0 Å². The maximum atomic E-state index is 13.8. The molecule has 0 aromatic heterocycles. The molecule has 1 atom stereocenters. The van der Waals surface area contributed by atoms with Gasteiger partial charge in [0.2, 0.25) is 0 Å². The van der Waals surface area contributed by atoms with Crippen molar-refractivity contribution >= 4 is 0 Å². The second-order valence-corrected chi connectivity index (χ2v) is 4.77. The van der Waals surface area contributed by atoms with Gasteiger partial charge in [0, 0.05) is 11.6 Å². The van der Waals surface area contributed by atoms with Gasteiger partial charge >= 0.3 is 0 Å². The minimum absolute atomic E-state index is 0.167. The lowest BCUT2D eigenvalue weighted by molar-refractivity contribution is 0.485. The normalized spacial score (nSPS) is 12.4. The van der Waals surface area contributed by atoms with Gasteiger partial charge in [0.15, 0.2) is 0 Å². The summed E-state index contributed by atoms with van der Waals surface area (Å²) in [5.74, 6) is 5.36. The molecule has 3 heteroatoms. The Balaban J connectivity index is 2.10. The fraction of sp³-hybridized carbons (Fsp3) is 0.250. The lowest BCUT2D eigenvalue weighted by Crippen LogP contribution is -2.29. The zero-order chi connectivity index (χ0) is 13.7. The predicted molar refractivity (Wildman–Crippen MR) is 76.0 cm³/mol. The van der Waals surface area contributed by atoms with E-state index >= 15 is 0 Å². The molecule has 1 unspecified atom stereocenters. The van der Waals surface area contributed by atoms with Crippen molar-refractivity contribution in [3.05, 3.63) is 71.0 Å². The summed E-state index contributed by atoms with van der Waals surface area (Å²) in [4.78, 5) is 0. The van der Waals surface area contributed by atoms with Crippen LogP contribution in [0.25, 0.3) is 0 Å². The van der Waals surface area contributed by atoms with Crippen LogP contribution in [-0.4, -0.2) is 0 Å². The molecule has 0 saturated carbocycles. The van der Waals surface area contributed by atoms with Gasteiger partial charge in [0.1, 0.15) is 5.82 Å². The van der Waals surface area contributed by atoms with E-state index in [4.69, 9.17) is 5.84 Å². The average molecular weight is 258 g/mol. The first-order chi connectivity index (χ1) is 9.20. The van der Waals surface area contributed by atoms with Gasteiger partial charge in [-0.15, -0.1) is 0 Å². The third-order valence-electron chi connectivity index (χ3n) is 3.29. The minimum atomic E-state index is -0.207. The molecular weight excluding hydrogens is 239 g/mol. The van der Waals surface area contributed by atoms with Crippen molar-refractivity contribution in [1.29, 1.82) is 0 Å². The van der Waals surface area contributed by atoms with E-state index in [9.17, 15) is 4.39 Å². The third kappa shape index (κ3) is 3.63. The molecule has 19 heavy (non-hydrogen) atoms. The Labute approximate surface area is 113 Å². The minimum Gasteiger partial charge on any atom is -0.271 e. The lowest BCUT2D eigenvalue weighted by Gasteiger charge is -2.17. The SMILES string of the molecule is Cc1ccc(F)c(C(CCc2ccccc2)NN)c1. The van der Waals surface area contributed by atoms with E-state index in [1.165, 1.54) is 11.6 Å². The molecule has 0 aliphatic heterocycles. The zero-order valence-corrected chi connectivity index (χ0v) is 11.1. The lowest BCUT2D eigenvalue weighted by atomic mass is 9.98. The molecule has 0 saturated heterocycles.